The molecule has 0 unspecified atom stereocenters. The third kappa shape index (κ3) is 11.7. The van der Waals surface area contributed by atoms with Crippen LogP contribution in [-0.2, 0) is 47.7 Å². The lowest BCUT2D eigenvalue weighted by molar-refractivity contribution is -0.338. The van der Waals surface area contributed by atoms with E-state index in [1.807, 2.05) is 6.92 Å². The fourth-order valence-electron chi connectivity index (χ4n) is 8.02. The summed E-state index contributed by atoms with van der Waals surface area (Å²) in [6, 6.07) is 0. The van der Waals surface area contributed by atoms with Gasteiger partial charge in [0.15, 0.2) is 5.79 Å². The van der Waals surface area contributed by atoms with Gasteiger partial charge in [-0.3, -0.25) is 14.4 Å². The van der Waals surface area contributed by atoms with E-state index < -0.39 is 66.6 Å². The van der Waals surface area contributed by atoms with Crippen LogP contribution in [0.2, 0.25) is 0 Å². The normalized spacial score (nSPS) is 29.3. The average Bonchev–Trinajstić information content (AvgIpc) is 3.37. The quantitative estimate of drug-likeness (QED) is 0.0871. The molecule has 0 aromatic carbocycles. The minimum atomic E-state index is -1.63. The van der Waals surface area contributed by atoms with E-state index in [0.29, 0.717) is 18.8 Å². The number of hydrogen-bond acceptors (Lipinski definition) is 13. The van der Waals surface area contributed by atoms with Gasteiger partial charge in [0, 0.05) is 43.8 Å². The zero-order valence-corrected chi connectivity index (χ0v) is 34.0. The van der Waals surface area contributed by atoms with E-state index >= 15 is 0 Å². The number of Topliss-reactive ketones (excluding diaryl/α,β-unsaturated/α-hetero) is 2. The van der Waals surface area contributed by atoms with Gasteiger partial charge in [0.1, 0.15) is 23.8 Å². The van der Waals surface area contributed by atoms with Crippen LogP contribution < -0.4 is 0 Å². The predicted molar refractivity (Wildman–Crippen MR) is 197 cm³/mol. The summed E-state index contributed by atoms with van der Waals surface area (Å²) in [5.74, 6) is -4.07. The summed E-state index contributed by atoms with van der Waals surface area (Å²) < 4.78 is 29.1. The Kier molecular flexibility index (Phi) is 17.0. The zero-order chi connectivity index (χ0) is 40.7. The standard InChI is InChI=1S/C41H66O13/c1-21(2)36(51-34(47)20-31(45)35-27(8)39(48)52-40(35)49)38(50-10)32(46)19-30(44)26(7)29(43)13-11-24(5)37-25(6)16-18-41(54-37)17-15-23(4)33(53-41)14-12-22(3)28(9)42/h21-26,29,31-33,36-38,43,45-46H,11-20H2,1-10H3/t22-,23+,24+,25-,26+,29-,31+,32-,33-,36+,37-,38+,41+/m0/s1/i19+1,26+1,29+1,32+1. The van der Waals surface area contributed by atoms with Crippen molar-refractivity contribution in [1.82, 2.24) is 0 Å². The second-order valence-corrected chi connectivity index (χ2v) is 16.8. The SMILES string of the molecule is CO[C@@H]([C@H](OC(=O)C[C@@H](O)C1=C(C)C(=O)OC1=O)C(C)C)[13C@@H](O)[13CH2]C(=O)[13C@H](C)[13C@@H](O)CC[C@@H](C)[C@@H]1O[C@]2(CC[C@@H](C)[C@H](CC[C@H](C)C(C)=O)O2)CC[C@@H]1C. The number of ketones is 2. The summed E-state index contributed by atoms with van der Waals surface area (Å²) >= 11 is 0. The number of rotatable bonds is 20. The van der Waals surface area contributed by atoms with Crippen LogP contribution in [0.5, 0.6) is 0 Å². The molecule has 0 amide bonds. The van der Waals surface area contributed by atoms with E-state index in [9.17, 15) is 39.3 Å². The van der Waals surface area contributed by atoms with E-state index in [-0.39, 0.29) is 65.0 Å². The van der Waals surface area contributed by atoms with Crippen LogP contribution in [0, 0.1) is 35.5 Å². The van der Waals surface area contributed by atoms with E-state index in [1.54, 1.807) is 27.7 Å². The highest BCUT2D eigenvalue weighted by Gasteiger charge is 2.48. The van der Waals surface area contributed by atoms with Crippen molar-refractivity contribution in [2.24, 2.45) is 35.5 Å². The van der Waals surface area contributed by atoms with Gasteiger partial charge in [0.05, 0.1) is 42.5 Å². The molecule has 0 radical (unpaired) electrons. The van der Waals surface area contributed by atoms with Crippen LogP contribution in [0.1, 0.15) is 127 Å². The number of methoxy groups -OCH3 is 1. The van der Waals surface area contributed by atoms with Gasteiger partial charge in [0.2, 0.25) is 0 Å². The lowest BCUT2D eigenvalue weighted by atomic mass is 9.80. The molecule has 3 heterocycles. The van der Waals surface area contributed by atoms with Crippen LogP contribution in [0.4, 0.5) is 0 Å². The van der Waals surface area contributed by atoms with Gasteiger partial charge in [-0.25, -0.2) is 9.59 Å². The van der Waals surface area contributed by atoms with E-state index in [4.69, 9.17) is 18.9 Å². The lowest BCUT2D eigenvalue weighted by Crippen LogP contribution is -2.53. The third-order valence-electron chi connectivity index (χ3n) is 12.1. The molecule has 3 aliphatic rings. The highest BCUT2D eigenvalue weighted by atomic mass is 16.7. The number of aliphatic hydroxyl groups excluding tert-OH is 3. The monoisotopic (exact) mass is 770 g/mol. The van der Waals surface area contributed by atoms with E-state index in [2.05, 4.69) is 25.5 Å². The second-order valence-electron chi connectivity index (χ2n) is 16.8. The first-order valence-electron chi connectivity index (χ1n) is 19.8. The van der Waals surface area contributed by atoms with Crippen LogP contribution >= 0.6 is 0 Å². The van der Waals surface area contributed by atoms with Gasteiger partial charge in [-0.1, -0.05) is 48.5 Å². The smallest absolute Gasteiger partial charge is 0.345 e. The first-order valence-corrected chi connectivity index (χ1v) is 19.8. The van der Waals surface area contributed by atoms with Crippen molar-refractivity contribution in [1.29, 1.82) is 0 Å². The molecule has 0 bridgehead atoms. The fourth-order valence-corrected chi connectivity index (χ4v) is 8.02. The van der Waals surface area contributed by atoms with Gasteiger partial charge in [-0.15, -0.1) is 0 Å². The largest absolute Gasteiger partial charge is 0.459 e. The summed E-state index contributed by atoms with van der Waals surface area (Å²) in [4.78, 5) is 61.6. The molecule has 13 heteroatoms. The van der Waals surface area contributed by atoms with E-state index in [0.717, 1.165) is 38.5 Å². The molecule has 1 spiro atoms. The van der Waals surface area contributed by atoms with Gasteiger partial charge in [0.25, 0.3) is 0 Å². The van der Waals surface area contributed by atoms with Crippen molar-refractivity contribution >= 4 is 29.5 Å². The maximum atomic E-state index is 13.3. The molecule has 3 rings (SSSR count). The minimum Gasteiger partial charge on any atom is -0.459 e. The molecule has 0 saturated carbocycles. The zero-order valence-electron chi connectivity index (χ0n) is 34.0. The first kappa shape index (κ1) is 45.8. The van der Waals surface area contributed by atoms with Crippen LogP contribution in [0.25, 0.3) is 0 Å². The summed E-state index contributed by atoms with van der Waals surface area (Å²) in [6.45, 7) is 16.5. The number of cyclic esters (lactones) is 2. The van der Waals surface area contributed by atoms with Crippen molar-refractivity contribution < 1.29 is 63.0 Å². The molecule has 3 N–H and O–H groups in total. The molecule has 2 saturated heterocycles. The first-order chi connectivity index (χ1) is 25.2. The Morgan fingerprint density at radius 2 is 1.48 bits per heavy atom. The molecular weight excluding hydrogens is 704 g/mol. The third-order valence-corrected chi connectivity index (χ3v) is 12.1. The molecule has 54 heavy (non-hydrogen) atoms. The predicted octanol–water partition coefficient (Wildman–Crippen LogP) is 4.79. The number of carbonyl (C=O) groups excluding carboxylic acids is 5. The Morgan fingerprint density at radius 1 is 0.852 bits per heavy atom. The molecule has 0 aliphatic carbocycles. The van der Waals surface area contributed by atoms with Gasteiger partial charge >= 0.3 is 17.9 Å². The Balaban J connectivity index is 1.54. The molecule has 0 aromatic heterocycles. The van der Waals surface area contributed by atoms with Crippen molar-refractivity contribution in [2.45, 2.75) is 175 Å². The molecule has 308 valence electrons. The van der Waals surface area contributed by atoms with Gasteiger partial charge in [-0.05, 0) is 76.0 Å². The summed E-state index contributed by atoms with van der Waals surface area (Å²) in [5.41, 5.74) is -0.403. The van der Waals surface area contributed by atoms with Crippen molar-refractivity contribution in [2.75, 3.05) is 7.11 Å². The number of carbonyl (C=O) groups is 5. The average molecular weight is 771 g/mol. The number of esters is 3. The highest BCUT2D eigenvalue weighted by molar-refractivity contribution is 6.12. The molecule has 13 nitrogen and oxygen atoms in total. The van der Waals surface area contributed by atoms with Crippen LogP contribution in [0.3, 0.4) is 0 Å². The summed E-state index contributed by atoms with van der Waals surface area (Å²) in [7, 11) is 1.32. The number of aliphatic hydroxyl groups is 3. The molecule has 0 aromatic rings. The Bertz CT molecular complexity index is 1350. The Morgan fingerprint density at radius 3 is 2.04 bits per heavy atom. The minimum absolute atomic E-state index is 0.00210. The van der Waals surface area contributed by atoms with Crippen molar-refractivity contribution in [3.63, 3.8) is 0 Å². The van der Waals surface area contributed by atoms with Gasteiger partial charge in [-0.2, -0.15) is 0 Å². The maximum Gasteiger partial charge on any atom is 0.345 e. The maximum absolute atomic E-state index is 13.3. The highest BCUT2D eigenvalue weighted by Crippen LogP contribution is 2.45. The second kappa shape index (κ2) is 20.0. The molecule has 13 atom stereocenters. The molecule has 2 fully saturated rings. The Labute approximate surface area is 320 Å². The lowest BCUT2D eigenvalue weighted by Gasteiger charge is -2.51. The van der Waals surface area contributed by atoms with Crippen LogP contribution in [-0.4, -0.2) is 100 Å². The van der Waals surface area contributed by atoms with Crippen molar-refractivity contribution in [3.05, 3.63) is 11.1 Å². The fraction of sp³-hybridized carbons (Fsp3) is 0.829. The Hall–Kier alpha value is -2.55. The van der Waals surface area contributed by atoms with Gasteiger partial charge < -0.3 is 39.0 Å². The summed E-state index contributed by atoms with van der Waals surface area (Å²) in [6.07, 6.45) is -1.03. The van der Waals surface area contributed by atoms with Crippen LogP contribution in [0.15, 0.2) is 11.1 Å². The van der Waals surface area contributed by atoms with E-state index in [1.165, 1.54) is 14.0 Å². The molecule has 3 aliphatic heterocycles. The summed E-state index contributed by atoms with van der Waals surface area (Å²) in [5, 5.41) is 32.7. The number of hydrogen-bond donors (Lipinski definition) is 3. The molecular formula is C41H66O13. The van der Waals surface area contributed by atoms with Crippen molar-refractivity contribution in [3.8, 4) is 0 Å². The topological polar surface area (TPSA) is 192 Å². The number of ether oxygens (including phenoxy) is 5.